The number of carbonyl (C=O) groups is 1. The SMILES string of the molecule is Cc1cc(B2OC(C)(C)C(C)(C)O2)ccc1NCC(C)NC(=O)OC(C)(C)C. The fourth-order valence-electron chi connectivity index (χ4n) is 2.83. The van der Waals surface area contributed by atoms with Crippen molar-refractivity contribution in [3.8, 4) is 0 Å². The van der Waals surface area contributed by atoms with Gasteiger partial charge in [-0.25, -0.2) is 4.79 Å². The molecule has 2 rings (SSSR count). The molecule has 6 nitrogen and oxygen atoms in total. The first-order valence-corrected chi connectivity index (χ1v) is 9.90. The maximum Gasteiger partial charge on any atom is 0.494 e. The molecular formula is C21H35BN2O4. The molecule has 1 amide bonds. The van der Waals surface area contributed by atoms with Crippen LogP contribution in [0.5, 0.6) is 0 Å². The van der Waals surface area contributed by atoms with Gasteiger partial charge in [0.15, 0.2) is 0 Å². The average Bonchev–Trinajstić information content (AvgIpc) is 2.72. The third-order valence-corrected chi connectivity index (χ3v) is 5.14. The molecule has 7 heteroatoms. The molecule has 1 aliphatic rings. The number of aryl methyl sites for hydroxylation is 1. The van der Waals surface area contributed by atoms with Crippen LogP contribution >= 0.6 is 0 Å². The van der Waals surface area contributed by atoms with E-state index in [0.717, 1.165) is 16.7 Å². The Labute approximate surface area is 169 Å². The maximum absolute atomic E-state index is 11.9. The molecule has 0 spiro atoms. The van der Waals surface area contributed by atoms with Gasteiger partial charge in [0.2, 0.25) is 0 Å². The summed E-state index contributed by atoms with van der Waals surface area (Å²) in [6.07, 6.45) is -0.408. The second-order valence-corrected chi connectivity index (χ2v) is 9.59. The summed E-state index contributed by atoms with van der Waals surface area (Å²) < 4.78 is 17.5. The highest BCUT2D eigenvalue weighted by Gasteiger charge is 2.51. The highest BCUT2D eigenvalue weighted by molar-refractivity contribution is 6.62. The maximum atomic E-state index is 11.9. The summed E-state index contributed by atoms with van der Waals surface area (Å²) in [6.45, 7) is 18.3. The zero-order valence-corrected chi connectivity index (χ0v) is 18.7. The van der Waals surface area contributed by atoms with E-state index in [2.05, 4.69) is 44.4 Å². The molecule has 0 radical (unpaired) electrons. The van der Waals surface area contributed by atoms with Crippen LogP contribution in [-0.4, -0.2) is 42.6 Å². The van der Waals surface area contributed by atoms with Gasteiger partial charge in [-0.1, -0.05) is 12.1 Å². The van der Waals surface area contributed by atoms with Gasteiger partial charge in [0, 0.05) is 18.3 Å². The second kappa shape index (κ2) is 7.95. The molecule has 1 saturated heterocycles. The number of carbonyl (C=O) groups excluding carboxylic acids is 1. The number of benzene rings is 1. The Morgan fingerprint density at radius 2 is 1.75 bits per heavy atom. The van der Waals surface area contributed by atoms with E-state index in [1.807, 2.05) is 46.8 Å². The van der Waals surface area contributed by atoms with Crippen LogP contribution in [0.15, 0.2) is 18.2 Å². The van der Waals surface area contributed by atoms with E-state index in [-0.39, 0.29) is 24.4 Å². The number of nitrogens with one attached hydrogen (secondary N) is 2. The van der Waals surface area contributed by atoms with Crippen molar-refractivity contribution in [3.63, 3.8) is 0 Å². The van der Waals surface area contributed by atoms with Gasteiger partial charge in [0.05, 0.1) is 11.2 Å². The Bertz CT molecular complexity index is 697. The zero-order valence-electron chi connectivity index (χ0n) is 18.7. The first kappa shape index (κ1) is 22.6. The van der Waals surface area contributed by atoms with Crippen LogP contribution in [0.4, 0.5) is 10.5 Å². The van der Waals surface area contributed by atoms with Crippen molar-refractivity contribution < 1.29 is 18.8 Å². The first-order chi connectivity index (χ1) is 12.7. The summed E-state index contributed by atoms with van der Waals surface area (Å²) in [6, 6.07) is 6.05. The largest absolute Gasteiger partial charge is 0.494 e. The minimum Gasteiger partial charge on any atom is -0.444 e. The molecule has 1 fully saturated rings. The van der Waals surface area contributed by atoms with Gasteiger partial charge in [-0.15, -0.1) is 0 Å². The lowest BCUT2D eigenvalue weighted by atomic mass is 9.78. The smallest absolute Gasteiger partial charge is 0.444 e. The van der Waals surface area contributed by atoms with Crippen molar-refractivity contribution in [2.75, 3.05) is 11.9 Å². The quantitative estimate of drug-likeness (QED) is 0.752. The molecule has 1 aromatic carbocycles. The molecule has 1 heterocycles. The van der Waals surface area contributed by atoms with Crippen LogP contribution in [-0.2, 0) is 14.0 Å². The highest BCUT2D eigenvalue weighted by atomic mass is 16.7. The van der Waals surface area contributed by atoms with Crippen LogP contribution in [0, 0.1) is 6.92 Å². The number of hydrogen-bond donors (Lipinski definition) is 2. The summed E-state index contributed by atoms with van der Waals surface area (Å²) in [5, 5.41) is 6.22. The normalized spacial score (nSPS) is 19.2. The van der Waals surface area contributed by atoms with Gasteiger partial charge in [0.25, 0.3) is 0 Å². The fraction of sp³-hybridized carbons (Fsp3) is 0.667. The van der Waals surface area contributed by atoms with E-state index >= 15 is 0 Å². The van der Waals surface area contributed by atoms with Crippen molar-refractivity contribution in [3.05, 3.63) is 23.8 Å². The third kappa shape index (κ3) is 5.64. The number of ether oxygens (including phenoxy) is 1. The van der Waals surface area contributed by atoms with Gasteiger partial charge in [-0.3, -0.25) is 0 Å². The van der Waals surface area contributed by atoms with E-state index < -0.39 is 11.7 Å². The van der Waals surface area contributed by atoms with E-state index in [0.29, 0.717) is 6.54 Å². The summed E-state index contributed by atoms with van der Waals surface area (Å²) >= 11 is 0. The van der Waals surface area contributed by atoms with E-state index in [4.69, 9.17) is 14.0 Å². The number of rotatable bonds is 5. The van der Waals surface area contributed by atoms with Crippen LogP contribution in [0.3, 0.4) is 0 Å². The predicted molar refractivity (Wildman–Crippen MR) is 114 cm³/mol. The molecule has 0 aliphatic carbocycles. The van der Waals surface area contributed by atoms with Crippen molar-refractivity contribution >= 4 is 24.4 Å². The molecule has 156 valence electrons. The topological polar surface area (TPSA) is 68.8 Å². The second-order valence-electron chi connectivity index (χ2n) is 9.59. The molecule has 1 atom stereocenters. The van der Waals surface area contributed by atoms with Crippen LogP contribution in [0.25, 0.3) is 0 Å². The number of alkyl carbamates (subject to hydrolysis) is 1. The fourth-order valence-corrected chi connectivity index (χ4v) is 2.83. The predicted octanol–water partition coefficient (Wildman–Crippen LogP) is 3.62. The highest BCUT2D eigenvalue weighted by Crippen LogP contribution is 2.36. The first-order valence-electron chi connectivity index (χ1n) is 9.90. The van der Waals surface area contributed by atoms with Crippen LogP contribution < -0.4 is 16.1 Å². The summed E-state index contributed by atoms with van der Waals surface area (Å²) in [5.74, 6) is 0. The molecule has 2 N–H and O–H groups in total. The third-order valence-electron chi connectivity index (χ3n) is 5.14. The minimum absolute atomic E-state index is 0.0722. The standard InChI is InChI=1S/C21H35BN2O4/c1-14-12-16(22-27-20(6,7)21(8,9)28-22)10-11-17(14)23-13-15(2)24-18(25)26-19(3,4)5/h10-12,15,23H,13H2,1-9H3,(H,24,25). The number of amides is 1. The molecule has 1 aromatic rings. The Morgan fingerprint density at radius 1 is 1.18 bits per heavy atom. The van der Waals surface area contributed by atoms with Gasteiger partial charge >= 0.3 is 13.2 Å². The Balaban J connectivity index is 1.94. The lowest BCUT2D eigenvalue weighted by Crippen LogP contribution is -2.41. The Kier molecular flexibility index (Phi) is 6.41. The molecule has 1 aliphatic heterocycles. The van der Waals surface area contributed by atoms with Crippen LogP contribution in [0.2, 0.25) is 0 Å². The van der Waals surface area contributed by atoms with Crippen molar-refractivity contribution in [1.82, 2.24) is 5.32 Å². The molecular weight excluding hydrogens is 355 g/mol. The Hall–Kier alpha value is -1.73. The van der Waals surface area contributed by atoms with Crippen molar-refractivity contribution in [2.24, 2.45) is 0 Å². The molecule has 0 bridgehead atoms. The molecule has 1 unspecified atom stereocenters. The van der Waals surface area contributed by atoms with Crippen molar-refractivity contribution in [2.45, 2.75) is 85.2 Å². The van der Waals surface area contributed by atoms with Crippen LogP contribution in [0.1, 0.15) is 61.0 Å². The Morgan fingerprint density at radius 3 is 2.25 bits per heavy atom. The van der Waals surface area contributed by atoms with E-state index in [9.17, 15) is 4.79 Å². The summed E-state index contributed by atoms with van der Waals surface area (Å²) in [5.41, 5.74) is 1.89. The summed E-state index contributed by atoms with van der Waals surface area (Å²) in [4.78, 5) is 11.9. The lowest BCUT2D eigenvalue weighted by molar-refractivity contribution is 0.00578. The van der Waals surface area contributed by atoms with E-state index in [1.54, 1.807) is 0 Å². The summed E-state index contributed by atoms with van der Waals surface area (Å²) in [7, 11) is -0.370. The lowest BCUT2D eigenvalue weighted by Gasteiger charge is -2.32. The number of anilines is 1. The number of hydrogen-bond acceptors (Lipinski definition) is 5. The molecule has 0 aromatic heterocycles. The van der Waals surface area contributed by atoms with Gasteiger partial charge in [-0.05, 0) is 79.4 Å². The molecule has 0 saturated carbocycles. The zero-order chi connectivity index (χ0) is 21.3. The van der Waals surface area contributed by atoms with Crippen molar-refractivity contribution in [1.29, 1.82) is 0 Å². The van der Waals surface area contributed by atoms with Gasteiger partial charge in [-0.2, -0.15) is 0 Å². The monoisotopic (exact) mass is 390 g/mol. The molecule has 28 heavy (non-hydrogen) atoms. The minimum atomic E-state index is -0.503. The van der Waals surface area contributed by atoms with Gasteiger partial charge in [0.1, 0.15) is 5.60 Å². The average molecular weight is 390 g/mol. The van der Waals surface area contributed by atoms with Gasteiger partial charge < -0.3 is 24.7 Å². The van der Waals surface area contributed by atoms with E-state index in [1.165, 1.54) is 0 Å².